The summed E-state index contributed by atoms with van der Waals surface area (Å²) < 4.78 is 25.5. The number of nitrogens with zero attached hydrogens (tertiary/aromatic N) is 2. The predicted octanol–water partition coefficient (Wildman–Crippen LogP) is 2.38. The molecule has 0 fully saturated rings. The Balaban J connectivity index is 0.00000529. The minimum absolute atomic E-state index is 0. The number of ether oxygens (including phenoxy) is 1. The number of hydrogen-bond donors (Lipinski definition) is 1. The Labute approximate surface area is 152 Å². The summed E-state index contributed by atoms with van der Waals surface area (Å²) in [6.45, 7) is 1.95. The molecule has 2 N–H and O–H groups in total. The van der Waals surface area contributed by atoms with Gasteiger partial charge in [-0.15, -0.1) is 0 Å². The first kappa shape index (κ1) is 22.3. The van der Waals surface area contributed by atoms with Crippen LogP contribution in [0.25, 0.3) is 0 Å². The zero-order valence-corrected chi connectivity index (χ0v) is 15.6. The number of hydrogen-bond acceptors (Lipinski definition) is 7. The third kappa shape index (κ3) is 8.23. The van der Waals surface area contributed by atoms with Gasteiger partial charge in [0.15, 0.2) is 0 Å². The molecule has 0 amide bonds. The molecule has 0 atom stereocenters. The van der Waals surface area contributed by atoms with Crippen molar-refractivity contribution in [1.29, 1.82) is 0 Å². The number of nitrogens with two attached hydrogens (primary N) is 1. The van der Waals surface area contributed by atoms with Crippen molar-refractivity contribution in [2.24, 2.45) is 10.7 Å². The van der Waals surface area contributed by atoms with E-state index in [4.69, 9.17) is 14.7 Å². The van der Waals surface area contributed by atoms with Crippen molar-refractivity contribution in [2.75, 3.05) is 20.7 Å². The van der Waals surface area contributed by atoms with Crippen molar-refractivity contribution in [3.05, 3.63) is 47.4 Å². The summed E-state index contributed by atoms with van der Waals surface area (Å²) in [7, 11) is 3.55. The van der Waals surface area contributed by atoms with Gasteiger partial charge in [-0.1, -0.05) is 18.2 Å². The summed E-state index contributed by atoms with van der Waals surface area (Å²) >= 11 is 1.00. The van der Waals surface area contributed by atoms with Crippen LogP contribution in [0, 0.1) is 5.82 Å². The van der Waals surface area contributed by atoms with Gasteiger partial charge >= 0.3 is 5.97 Å². The largest absolute Gasteiger partial charge is 0.461 e. The van der Waals surface area contributed by atoms with Gasteiger partial charge in [-0.25, -0.2) is 18.5 Å². The Bertz CT molecular complexity index is 595. The van der Waals surface area contributed by atoms with Crippen molar-refractivity contribution in [1.82, 2.24) is 4.31 Å². The van der Waals surface area contributed by atoms with Gasteiger partial charge in [0.1, 0.15) is 23.7 Å². The lowest BCUT2D eigenvalue weighted by Crippen LogP contribution is -2.17. The molecular formula is C15H22FN3O3S2. The minimum atomic E-state index is -0.662. The molecule has 0 unspecified atom stereocenters. The number of carbonyl (C=O) groups is 1. The highest BCUT2D eigenvalue weighted by Crippen LogP contribution is 2.11. The summed E-state index contributed by atoms with van der Waals surface area (Å²) in [4.78, 5) is 15.7. The van der Waals surface area contributed by atoms with E-state index in [2.05, 4.69) is 4.99 Å². The van der Waals surface area contributed by atoms with E-state index in [-0.39, 0.29) is 44.1 Å². The maximum atomic E-state index is 13.6. The molecule has 24 heavy (non-hydrogen) atoms. The third-order valence-electron chi connectivity index (χ3n) is 2.42. The fourth-order valence-corrected chi connectivity index (χ4v) is 1.73. The molecular weight excluding hydrogens is 353 g/mol. The van der Waals surface area contributed by atoms with Crippen molar-refractivity contribution < 1.29 is 18.1 Å². The molecule has 0 aliphatic heterocycles. The van der Waals surface area contributed by atoms with Crippen LogP contribution in [0.3, 0.4) is 0 Å². The topological polar surface area (TPSA) is 77.2 Å². The first-order chi connectivity index (χ1) is 10.9. The Morgan fingerprint density at radius 1 is 1.42 bits per heavy atom. The van der Waals surface area contributed by atoms with Crippen LogP contribution >= 0.6 is 25.7 Å². The molecule has 0 heterocycles. The van der Waals surface area contributed by atoms with Crippen molar-refractivity contribution in [3.8, 4) is 0 Å². The van der Waals surface area contributed by atoms with Gasteiger partial charge in [-0.05, 0) is 13.0 Å². The fourth-order valence-electron chi connectivity index (χ4n) is 1.40. The standard InChI is InChI=1S/C15H20FN3O3S.H2S/c1-4-21-15(20)13(17)9-14(22-23-19(2)3)18-10-11-7-5-6-8-12(11)16;/h5-9H,4,10,17H2,1-3H3;1H2. The Morgan fingerprint density at radius 3 is 2.67 bits per heavy atom. The molecule has 1 aromatic carbocycles. The van der Waals surface area contributed by atoms with Gasteiger partial charge in [0.25, 0.3) is 0 Å². The second-order valence-electron chi connectivity index (χ2n) is 4.54. The molecule has 0 spiro atoms. The van der Waals surface area contributed by atoms with Gasteiger partial charge < -0.3 is 14.7 Å². The van der Waals surface area contributed by atoms with E-state index >= 15 is 0 Å². The zero-order chi connectivity index (χ0) is 17.2. The van der Waals surface area contributed by atoms with Gasteiger partial charge in [0, 0.05) is 25.7 Å². The summed E-state index contributed by atoms with van der Waals surface area (Å²) in [5.74, 6) is -0.930. The molecule has 134 valence electrons. The number of aliphatic imine (C=N–C) groups is 1. The van der Waals surface area contributed by atoms with Crippen molar-refractivity contribution in [3.63, 3.8) is 0 Å². The molecule has 0 aromatic heterocycles. The molecule has 6 nitrogen and oxygen atoms in total. The maximum Gasteiger partial charge on any atom is 0.354 e. The van der Waals surface area contributed by atoms with Crippen LogP contribution in [-0.2, 0) is 20.3 Å². The fraction of sp³-hybridized carbons (Fsp3) is 0.333. The maximum absolute atomic E-state index is 13.6. The van der Waals surface area contributed by atoms with Gasteiger partial charge in [0.2, 0.25) is 5.90 Å². The molecule has 1 aromatic rings. The van der Waals surface area contributed by atoms with E-state index in [0.29, 0.717) is 5.56 Å². The molecule has 0 saturated carbocycles. The first-order valence-electron chi connectivity index (χ1n) is 6.88. The molecule has 1 rings (SSSR count). The molecule has 0 aliphatic carbocycles. The molecule has 0 saturated heterocycles. The van der Waals surface area contributed by atoms with E-state index in [1.165, 1.54) is 12.1 Å². The van der Waals surface area contributed by atoms with Crippen LogP contribution in [0.1, 0.15) is 12.5 Å². The van der Waals surface area contributed by atoms with Crippen LogP contribution < -0.4 is 5.73 Å². The van der Waals surface area contributed by atoms with E-state index in [1.54, 1.807) is 43.5 Å². The van der Waals surface area contributed by atoms with Crippen LogP contribution in [0.15, 0.2) is 41.0 Å². The van der Waals surface area contributed by atoms with Crippen molar-refractivity contribution in [2.45, 2.75) is 13.5 Å². The lowest BCUT2D eigenvalue weighted by Gasteiger charge is -2.09. The predicted molar refractivity (Wildman–Crippen MR) is 99.2 cm³/mol. The second-order valence-corrected chi connectivity index (χ2v) is 5.58. The van der Waals surface area contributed by atoms with Crippen LogP contribution in [0.2, 0.25) is 0 Å². The Hall–Kier alpha value is -1.71. The average molecular weight is 375 g/mol. The number of halogens is 1. The minimum Gasteiger partial charge on any atom is -0.461 e. The Kier molecular flexibility index (Phi) is 10.9. The van der Waals surface area contributed by atoms with Crippen LogP contribution in [0.4, 0.5) is 4.39 Å². The quantitative estimate of drug-likeness (QED) is 0.197. The van der Waals surface area contributed by atoms with Crippen molar-refractivity contribution >= 4 is 37.6 Å². The highest BCUT2D eigenvalue weighted by Gasteiger charge is 2.10. The summed E-state index contributed by atoms with van der Waals surface area (Å²) in [6, 6.07) is 6.28. The number of carbonyl (C=O) groups excluding carboxylic acids is 1. The number of rotatable bonds is 7. The van der Waals surface area contributed by atoms with Gasteiger partial charge in [-0.2, -0.15) is 13.5 Å². The number of esters is 1. The molecule has 0 aliphatic rings. The van der Waals surface area contributed by atoms with E-state index < -0.39 is 5.97 Å². The normalized spacial score (nSPS) is 11.9. The number of benzene rings is 1. The summed E-state index contributed by atoms with van der Waals surface area (Å²) in [5.41, 5.74) is 5.91. The molecule has 0 radical (unpaired) electrons. The van der Waals surface area contributed by atoms with Crippen LogP contribution in [0.5, 0.6) is 0 Å². The zero-order valence-electron chi connectivity index (χ0n) is 13.8. The highest BCUT2D eigenvalue weighted by atomic mass is 32.2. The first-order valence-corrected chi connectivity index (χ1v) is 7.58. The Morgan fingerprint density at radius 2 is 2.08 bits per heavy atom. The molecule has 0 bridgehead atoms. The average Bonchev–Trinajstić information content (AvgIpc) is 2.51. The SMILES string of the molecule is CCOC(=O)C(N)=CC(=NCc1ccccc1F)OSN(C)C.S. The second kappa shape index (κ2) is 11.8. The highest BCUT2D eigenvalue weighted by molar-refractivity contribution is 7.92. The van der Waals surface area contributed by atoms with E-state index in [9.17, 15) is 9.18 Å². The van der Waals surface area contributed by atoms with Crippen LogP contribution in [-0.4, -0.2) is 36.9 Å². The lowest BCUT2D eigenvalue weighted by molar-refractivity contribution is -0.138. The summed E-state index contributed by atoms with van der Waals surface area (Å²) in [5, 5.41) is 0. The van der Waals surface area contributed by atoms with E-state index in [1.807, 2.05) is 0 Å². The lowest BCUT2D eigenvalue weighted by atomic mass is 10.2. The van der Waals surface area contributed by atoms with Gasteiger partial charge in [-0.3, -0.25) is 0 Å². The van der Waals surface area contributed by atoms with E-state index in [0.717, 1.165) is 12.2 Å². The summed E-state index contributed by atoms with van der Waals surface area (Å²) in [6.07, 6.45) is 1.26. The monoisotopic (exact) mass is 375 g/mol. The third-order valence-corrected chi connectivity index (χ3v) is 2.97. The smallest absolute Gasteiger partial charge is 0.354 e. The molecule has 9 heteroatoms. The van der Waals surface area contributed by atoms with Gasteiger partial charge in [0.05, 0.1) is 13.2 Å².